The van der Waals surface area contributed by atoms with Crippen LogP contribution in [0.2, 0.25) is 0 Å². The van der Waals surface area contributed by atoms with Gasteiger partial charge in [-0.2, -0.15) is 11.8 Å². The summed E-state index contributed by atoms with van der Waals surface area (Å²) in [6.45, 7) is 6.19. The van der Waals surface area contributed by atoms with Crippen LogP contribution in [0, 0.1) is 13.8 Å². The number of amides is 1. The van der Waals surface area contributed by atoms with E-state index in [0.29, 0.717) is 18.0 Å². The summed E-state index contributed by atoms with van der Waals surface area (Å²) >= 11 is 1.76. The molecule has 122 valence electrons. The van der Waals surface area contributed by atoms with E-state index in [4.69, 9.17) is 4.74 Å². The number of carbonyl (C=O) groups is 1. The number of hydrogen-bond acceptors (Lipinski definition) is 4. The number of aryl methyl sites for hydroxylation is 2. The molecule has 0 spiro atoms. The molecule has 0 aliphatic carbocycles. The molecule has 0 unspecified atom stereocenters. The lowest BCUT2D eigenvalue weighted by Crippen LogP contribution is -2.12. The van der Waals surface area contributed by atoms with E-state index in [-0.39, 0.29) is 5.91 Å². The summed E-state index contributed by atoms with van der Waals surface area (Å²) in [5.41, 5.74) is 3.09. The highest BCUT2D eigenvalue weighted by atomic mass is 32.2. The Labute approximate surface area is 141 Å². The van der Waals surface area contributed by atoms with E-state index in [9.17, 15) is 4.79 Å². The Morgan fingerprint density at radius 2 is 2.04 bits per heavy atom. The van der Waals surface area contributed by atoms with Crippen LogP contribution in [0.5, 0.6) is 11.6 Å². The van der Waals surface area contributed by atoms with Crippen molar-refractivity contribution in [2.24, 2.45) is 0 Å². The quantitative estimate of drug-likeness (QED) is 0.755. The van der Waals surface area contributed by atoms with Crippen LogP contribution < -0.4 is 10.1 Å². The molecule has 1 N–H and O–H groups in total. The third-order valence-corrected chi connectivity index (χ3v) is 4.30. The molecule has 23 heavy (non-hydrogen) atoms. The molecule has 1 heterocycles. The number of nitrogens with zero attached hydrogens (tertiary/aromatic N) is 1. The maximum absolute atomic E-state index is 11.7. The molecule has 1 amide bonds. The molecule has 2 rings (SSSR count). The summed E-state index contributed by atoms with van der Waals surface area (Å²) in [6, 6.07) is 9.48. The largest absolute Gasteiger partial charge is 0.439 e. The van der Waals surface area contributed by atoms with E-state index in [1.54, 1.807) is 30.1 Å². The van der Waals surface area contributed by atoms with Crippen LogP contribution in [0.15, 0.2) is 36.5 Å². The van der Waals surface area contributed by atoms with Crippen LogP contribution in [0.25, 0.3) is 0 Å². The normalized spacial score (nSPS) is 10.4. The predicted molar refractivity (Wildman–Crippen MR) is 96.5 cm³/mol. The van der Waals surface area contributed by atoms with Crippen LogP contribution in [0.4, 0.5) is 5.69 Å². The Kier molecular flexibility index (Phi) is 6.47. The van der Waals surface area contributed by atoms with Crippen LogP contribution in [0.1, 0.15) is 24.5 Å². The molecule has 5 heteroatoms. The van der Waals surface area contributed by atoms with Crippen LogP contribution in [-0.2, 0) is 4.79 Å². The van der Waals surface area contributed by atoms with Gasteiger partial charge in [0.2, 0.25) is 11.8 Å². The molecule has 0 saturated heterocycles. The van der Waals surface area contributed by atoms with Crippen molar-refractivity contribution in [2.45, 2.75) is 27.2 Å². The number of thioether (sulfide) groups is 1. The number of aromatic nitrogens is 1. The van der Waals surface area contributed by atoms with E-state index in [1.807, 2.05) is 25.1 Å². The molecule has 0 radical (unpaired) electrons. The molecule has 2 aromatic rings. The second kappa shape index (κ2) is 8.58. The summed E-state index contributed by atoms with van der Waals surface area (Å²) in [5, 5.41) is 2.84. The zero-order valence-corrected chi connectivity index (χ0v) is 14.6. The van der Waals surface area contributed by atoms with Gasteiger partial charge in [-0.1, -0.05) is 13.0 Å². The first-order valence-electron chi connectivity index (χ1n) is 7.67. The van der Waals surface area contributed by atoms with E-state index in [1.165, 1.54) is 11.1 Å². The first-order chi connectivity index (χ1) is 11.1. The van der Waals surface area contributed by atoms with Crippen molar-refractivity contribution < 1.29 is 9.53 Å². The van der Waals surface area contributed by atoms with Crippen molar-refractivity contribution in [1.82, 2.24) is 4.98 Å². The summed E-state index contributed by atoms with van der Waals surface area (Å²) in [5.74, 6) is 3.14. The second-order valence-electron chi connectivity index (χ2n) is 5.23. The van der Waals surface area contributed by atoms with Crippen molar-refractivity contribution >= 4 is 23.4 Å². The Balaban J connectivity index is 1.91. The molecule has 1 aromatic heterocycles. The molecule has 0 saturated carbocycles. The number of carbonyl (C=O) groups excluding carboxylic acids is 1. The number of ether oxygens (including phenoxy) is 1. The molecule has 0 atom stereocenters. The third-order valence-electron chi connectivity index (χ3n) is 3.40. The van der Waals surface area contributed by atoms with E-state index < -0.39 is 0 Å². The number of nitrogens with one attached hydrogen (secondary N) is 1. The average Bonchev–Trinajstić information content (AvgIpc) is 2.53. The van der Waals surface area contributed by atoms with Gasteiger partial charge in [-0.15, -0.1) is 0 Å². The molecule has 0 aliphatic heterocycles. The van der Waals surface area contributed by atoms with Crippen molar-refractivity contribution in [3.63, 3.8) is 0 Å². The first-order valence-corrected chi connectivity index (χ1v) is 8.82. The van der Waals surface area contributed by atoms with Gasteiger partial charge in [0.25, 0.3) is 0 Å². The summed E-state index contributed by atoms with van der Waals surface area (Å²) in [6.07, 6.45) is 2.13. The topological polar surface area (TPSA) is 51.2 Å². The molecule has 0 fully saturated rings. The number of anilines is 1. The fourth-order valence-electron chi connectivity index (χ4n) is 1.95. The fraction of sp³-hybridized carbons (Fsp3) is 0.333. The van der Waals surface area contributed by atoms with Crippen molar-refractivity contribution in [1.29, 1.82) is 0 Å². The highest BCUT2D eigenvalue weighted by Gasteiger charge is 2.04. The van der Waals surface area contributed by atoms with Crippen LogP contribution >= 0.6 is 11.8 Å². The molecular formula is C18H22N2O2S. The van der Waals surface area contributed by atoms with E-state index >= 15 is 0 Å². The number of hydrogen-bond donors (Lipinski definition) is 1. The van der Waals surface area contributed by atoms with Gasteiger partial charge in [-0.3, -0.25) is 4.79 Å². The van der Waals surface area contributed by atoms with Crippen LogP contribution in [-0.4, -0.2) is 22.4 Å². The molecule has 0 aliphatic rings. The van der Waals surface area contributed by atoms with Gasteiger partial charge in [0.15, 0.2) is 0 Å². The lowest BCUT2D eigenvalue weighted by atomic mass is 10.1. The SMILES string of the molecule is CCSCCC(=O)Nc1ccc(Oc2ccc(C)c(C)c2)nc1. The Bertz CT molecular complexity index is 657. The molecule has 1 aromatic carbocycles. The number of rotatable bonds is 7. The number of pyridine rings is 1. The maximum atomic E-state index is 11.7. The minimum Gasteiger partial charge on any atom is -0.439 e. The summed E-state index contributed by atoms with van der Waals surface area (Å²) in [4.78, 5) is 16.0. The Morgan fingerprint density at radius 3 is 2.70 bits per heavy atom. The minimum absolute atomic E-state index is 0.00979. The lowest BCUT2D eigenvalue weighted by molar-refractivity contribution is -0.115. The minimum atomic E-state index is 0.00979. The van der Waals surface area contributed by atoms with Crippen LogP contribution in [0.3, 0.4) is 0 Å². The summed E-state index contributed by atoms with van der Waals surface area (Å²) in [7, 11) is 0. The van der Waals surface area contributed by atoms with Gasteiger partial charge in [0, 0.05) is 18.2 Å². The zero-order chi connectivity index (χ0) is 16.7. The first kappa shape index (κ1) is 17.3. The number of benzene rings is 1. The lowest BCUT2D eigenvalue weighted by Gasteiger charge is -2.08. The zero-order valence-electron chi connectivity index (χ0n) is 13.8. The van der Waals surface area contributed by atoms with Crippen molar-refractivity contribution in [3.05, 3.63) is 47.7 Å². The smallest absolute Gasteiger partial charge is 0.225 e. The van der Waals surface area contributed by atoms with Gasteiger partial charge >= 0.3 is 0 Å². The van der Waals surface area contributed by atoms with Gasteiger partial charge in [-0.05, 0) is 48.9 Å². The maximum Gasteiger partial charge on any atom is 0.225 e. The van der Waals surface area contributed by atoms with Gasteiger partial charge in [0.05, 0.1) is 11.9 Å². The summed E-state index contributed by atoms with van der Waals surface area (Å²) < 4.78 is 5.73. The van der Waals surface area contributed by atoms with E-state index in [0.717, 1.165) is 17.3 Å². The van der Waals surface area contributed by atoms with Gasteiger partial charge in [0.1, 0.15) is 5.75 Å². The second-order valence-corrected chi connectivity index (χ2v) is 6.62. The van der Waals surface area contributed by atoms with Crippen molar-refractivity contribution in [2.75, 3.05) is 16.8 Å². The Hall–Kier alpha value is -2.01. The highest BCUT2D eigenvalue weighted by molar-refractivity contribution is 7.99. The molecular weight excluding hydrogens is 308 g/mol. The van der Waals surface area contributed by atoms with E-state index in [2.05, 4.69) is 24.1 Å². The van der Waals surface area contributed by atoms with Crippen molar-refractivity contribution in [3.8, 4) is 11.6 Å². The third kappa shape index (κ3) is 5.60. The highest BCUT2D eigenvalue weighted by Crippen LogP contribution is 2.23. The molecule has 4 nitrogen and oxygen atoms in total. The van der Waals surface area contributed by atoms with Gasteiger partial charge < -0.3 is 10.1 Å². The Morgan fingerprint density at radius 1 is 1.22 bits per heavy atom. The average molecular weight is 330 g/mol. The standard InChI is InChI=1S/C18H22N2O2S/c1-4-23-10-9-17(21)20-15-6-8-18(19-12-15)22-16-7-5-13(2)14(3)11-16/h5-8,11-12H,4,9-10H2,1-3H3,(H,20,21). The monoisotopic (exact) mass is 330 g/mol. The molecule has 0 bridgehead atoms. The van der Waals surface area contributed by atoms with Gasteiger partial charge in [-0.25, -0.2) is 4.98 Å². The predicted octanol–water partition coefficient (Wildman–Crippen LogP) is 4.57. The fourth-order valence-corrected chi connectivity index (χ4v) is 2.56.